The summed E-state index contributed by atoms with van der Waals surface area (Å²) < 4.78 is 34.0. The Balaban J connectivity index is 1.47. The van der Waals surface area contributed by atoms with E-state index in [-0.39, 0.29) is 36.8 Å². The van der Waals surface area contributed by atoms with Crippen LogP contribution in [0.15, 0.2) is 30.3 Å². The lowest BCUT2D eigenvalue weighted by Gasteiger charge is -2.13. The van der Waals surface area contributed by atoms with Gasteiger partial charge in [-0.05, 0) is 49.4 Å². The molecule has 228 valence electrons. The molecule has 1 N–H and O–H groups in total. The first-order valence-electron chi connectivity index (χ1n) is 13.8. The lowest BCUT2D eigenvalue weighted by molar-refractivity contribution is -0.141. The van der Waals surface area contributed by atoms with Crippen molar-refractivity contribution in [2.24, 2.45) is 11.8 Å². The Kier molecular flexibility index (Phi) is 10.2. The van der Waals surface area contributed by atoms with Crippen molar-refractivity contribution in [2.45, 2.75) is 46.5 Å². The second-order valence-corrected chi connectivity index (χ2v) is 12.7. The number of carbonyl (C=O) groups excluding carboxylic acids is 3. The van der Waals surface area contributed by atoms with E-state index in [2.05, 4.69) is 0 Å². The molecule has 8 nitrogen and oxygen atoms in total. The molecule has 0 aliphatic heterocycles. The third-order valence-electron chi connectivity index (χ3n) is 7.32. The van der Waals surface area contributed by atoms with Gasteiger partial charge in [0, 0.05) is 45.2 Å². The number of aliphatic carboxylic acids is 1. The summed E-state index contributed by atoms with van der Waals surface area (Å²) in [5, 5.41) is 10.2. The van der Waals surface area contributed by atoms with E-state index in [1.54, 1.807) is 37.3 Å². The summed E-state index contributed by atoms with van der Waals surface area (Å²) in [5.74, 6) is -1.81. The number of methoxy groups -OCH3 is 2. The van der Waals surface area contributed by atoms with Crippen LogP contribution in [0.4, 0.5) is 4.39 Å². The van der Waals surface area contributed by atoms with E-state index in [0.29, 0.717) is 55.5 Å². The van der Waals surface area contributed by atoms with Gasteiger partial charge >= 0.3 is 5.97 Å². The first kappa shape index (κ1) is 32.1. The molecule has 2 aromatic carbocycles. The number of halogens is 1. The Morgan fingerprint density at radius 1 is 0.837 bits per heavy atom. The number of carboxylic acids is 1. The van der Waals surface area contributed by atoms with Crippen molar-refractivity contribution >= 4 is 66.2 Å². The van der Waals surface area contributed by atoms with E-state index in [4.69, 9.17) is 19.3 Å². The van der Waals surface area contributed by atoms with Crippen molar-refractivity contribution in [3.63, 3.8) is 0 Å². The average molecular weight is 629 g/mol. The molecular formula is C32H33FO8S2. The third-order valence-corrected chi connectivity index (χ3v) is 9.58. The Morgan fingerprint density at radius 3 is 2.07 bits per heavy atom. The number of thiophene rings is 2. The fourth-order valence-corrected chi connectivity index (χ4v) is 6.65. The van der Waals surface area contributed by atoms with Gasteiger partial charge in [-0.2, -0.15) is 0 Å². The fraction of sp³-hybridized carbons (Fsp3) is 0.375. The topological polar surface area (TPSA) is 116 Å². The number of carboxylic acid groups (broad SMARTS) is 1. The number of hydrogen-bond donors (Lipinski definition) is 1. The Morgan fingerprint density at radius 2 is 1.44 bits per heavy atom. The third kappa shape index (κ3) is 7.22. The summed E-state index contributed by atoms with van der Waals surface area (Å²) in [6.07, 6.45) is 0.755. The summed E-state index contributed by atoms with van der Waals surface area (Å²) in [7, 11) is 2.98. The molecule has 0 bridgehead atoms. The van der Waals surface area contributed by atoms with Gasteiger partial charge in [-0.15, -0.1) is 22.7 Å². The average Bonchev–Trinajstić information content (AvgIpc) is 3.59. The van der Waals surface area contributed by atoms with Gasteiger partial charge in [-0.1, -0.05) is 13.8 Å². The second kappa shape index (κ2) is 13.6. The number of fused-ring (bicyclic) bond motifs is 2. The molecule has 4 aromatic rings. The van der Waals surface area contributed by atoms with Gasteiger partial charge < -0.3 is 19.3 Å². The van der Waals surface area contributed by atoms with Crippen molar-refractivity contribution < 1.29 is 42.9 Å². The van der Waals surface area contributed by atoms with E-state index in [1.165, 1.54) is 50.7 Å². The highest BCUT2D eigenvalue weighted by molar-refractivity contribution is 7.21. The molecule has 0 spiro atoms. The number of ether oxygens (including phenoxy) is 3. The first-order valence-corrected chi connectivity index (χ1v) is 15.4. The quantitative estimate of drug-likeness (QED) is 0.107. The maximum atomic E-state index is 15.7. The van der Waals surface area contributed by atoms with E-state index in [0.717, 1.165) is 10.1 Å². The standard InChI is InChI=1S/C32H33FO8S2/c1-16(18(3)34)9-22(35)30-13-21-28(43-30)14-24(39-4)20(31(21)33)7-6-8-41-26-11-19-12-29(23(36)10-17(2)32(37)38)42-27(19)15-25(26)40-5/h11-17H,6-10H2,1-5H3,(H,37,38)/t16-,17-/m0/s1. The molecule has 0 saturated heterocycles. The van der Waals surface area contributed by atoms with Gasteiger partial charge in [0.1, 0.15) is 17.3 Å². The number of Topliss-reactive ketones (excluding diaryl/α,β-unsaturated/α-hetero) is 3. The van der Waals surface area contributed by atoms with Crippen LogP contribution >= 0.6 is 22.7 Å². The molecule has 11 heteroatoms. The van der Waals surface area contributed by atoms with Gasteiger partial charge in [-0.25, -0.2) is 4.39 Å². The van der Waals surface area contributed by atoms with Crippen LogP contribution in [0.5, 0.6) is 17.2 Å². The van der Waals surface area contributed by atoms with Crippen molar-refractivity contribution in [2.75, 3.05) is 20.8 Å². The molecule has 0 amide bonds. The van der Waals surface area contributed by atoms with Crippen molar-refractivity contribution in [3.05, 3.63) is 51.5 Å². The number of rotatable bonds is 15. The predicted molar refractivity (Wildman–Crippen MR) is 165 cm³/mol. The Hall–Kier alpha value is -3.83. The second-order valence-electron chi connectivity index (χ2n) is 10.5. The molecule has 0 saturated carbocycles. The molecule has 2 heterocycles. The molecule has 43 heavy (non-hydrogen) atoms. The predicted octanol–water partition coefficient (Wildman–Crippen LogP) is 7.38. The van der Waals surface area contributed by atoms with Crippen LogP contribution in [0.2, 0.25) is 0 Å². The highest BCUT2D eigenvalue weighted by Crippen LogP contribution is 2.39. The van der Waals surface area contributed by atoms with Gasteiger partial charge in [0.2, 0.25) is 0 Å². The molecule has 0 aliphatic carbocycles. The lowest BCUT2D eigenvalue weighted by atomic mass is 10.00. The summed E-state index contributed by atoms with van der Waals surface area (Å²) in [5.41, 5.74) is 0.381. The van der Waals surface area contributed by atoms with Crippen LogP contribution in [0.25, 0.3) is 20.2 Å². The zero-order valence-electron chi connectivity index (χ0n) is 24.6. The van der Waals surface area contributed by atoms with Crippen LogP contribution in [0.1, 0.15) is 64.9 Å². The molecule has 4 rings (SSSR count). The van der Waals surface area contributed by atoms with Crippen molar-refractivity contribution in [1.82, 2.24) is 0 Å². The summed E-state index contributed by atoms with van der Waals surface area (Å²) in [6, 6.07) is 8.54. The maximum Gasteiger partial charge on any atom is 0.306 e. The zero-order valence-corrected chi connectivity index (χ0v) is 26.2. The molecule has 0 aliphatic rings. The fourth-order valence-electron chi connectivity index (χ4n) is 4.59. The van der Waals surface area contributed by atoms with Crippen LogP contribution in [-0.4, -0.2) is 49.3 Å². The zero-order chi connectivity index (χ0) is 31.4. The SMILES string of the molecule is COc1cc2sc(C(=O)C[C@H](C)C(=O)O)cc2cc1OCCCc1c(OC)cc2sc(C(=O)C[C@H](C)C(C)=O)cc2c1F. The van der Waals surface area contributed by atoms with Gasteiger partial charge in [0.05, 0.1) is 36.5 Å². The smallest absolute Gasteiger partial charge is 0.306 e. The van der Waals surface area contributed by atoms with Crippen molar-refractivity contribution in [3.8, 4) is 17.2 Å². The molecule has 0 unspecified atom stereocenters. The number of carbonyl (C=O) groups is 4. The number of benzene rings is 2. The largest absolute Gasteiger partial charge is 0.496 e. The van der Waals surface area contributed by atoms with E-state index >= 15 is 4.39 Å². The highest BCUT2D eigenvalue weighted by Gasteiger charge is 2.22. The summed E-state index contributed by atoms with van der Waals surface area (Å²) in [4.78, 5) is 48.9. The monoisotopic (exact) mass is 628 g/mol. The van der Waals surface area contributed by atoms with Gasteiger partial charge in [0.25, 0.3) is 0 Å². The van der Waals surface area contributed by atoms with E-state index in [1.807, 2.05) is 0 Å². The maximum absolute atomic E-state index is 15.7. The highest BCUT2D eigenvalue weighted by atomic mass is 32.1. The summed E-state index contributed by atoms with van der Waals surface area (Å²) in [6.45, 7) is 4.89. The molecular weight excluding hydrogens is 595 g/mol. The molecule has 0 radical (unpaired) electrons. The van der Waals surface area contributed by atoms with Crippen LogP contribution in [0.3, 0.4) is 0 Å². The minimum Gasteiger partial charge on any atom is -0.496 e. The Labute approximate surface area is 256 Å². The van der Waals surface area contributed by atoms with Gasteiger partial charge in [0.15, 0.2) is 23.1 Å². The molecule has 0 fully saturated rings. The minimum atomic E-state index is -1.02. The Bertz CT molecular complexity index is 1700. The lowest BCUT2D eigenvalue weighted by Crippen LogP contribution is -2.13. The first-order chi connectivity index (χ1) is 20.4. The van der Waals surface area contributed by atoms with Crippen LogP contribution < -0.4 is 14.2 Å². The van der Waals surface area contributed by atoms with E-state index < -0.39 is 23.6 Å². The normalized spacial score (nSPS) is 12.7. The van der Waals surface area contributed by atoms with Crippen molar-refractivity contribution in [1.29, 1.82) is 0 Å². The van der Waals surface area contributed by atoms with Gasteiger partial charge in [-0.3, -0.25) is 19.2 Å². The molecule has 2 atom stereocenters. The van der Waals surface area contributed by atoms with Crippen LogP contribution in [0, 0.1) is 17.7 Å². The number of hydrogen-bond acceptors (Lipinski definition) is 9. The molecule has 2 aromatic heterocycles. The van der Waals surface area contributed by atoms with Crippen LogP contribution in [-0.2, 0) is 16.0 Å². The summed E-state index contributed by atoms with van der Waals surface area (Å²) >= 11 is 2.45. The number of ketones is 3. The van der Waals surface area contributed by atoms with E-state index in [9.17, 15) is 19.2 Å². The minimum absolute atomic E-state index is 0.0674.